The highest BCUT2D eigenvalue weighted by molar-refractivity contribution is 9.09. The minimum absolute atomic E-state index is 0.354. The Balaban J connectivity index is 2.02. The van der Waals surface area contributed by atoms with Gasteiger partial charge in [0.25, 0.3) is 0 Å². The highest BCUT2D eigenvalue weighted by atomic mass is 79.9. The molecule has 21 heavy (non-hydrogen) atoms. The number of rotatable bonds is 3. The van der Waals surface area contributed by atoms with Crippen molar-refractivity contribution in [3.8, 4) is 5.75 Å². The highest BCUT2D eigenvalue weighted by Crippen LogP contribution is 2.34. The third kappa shape index (κ3) is 2.58. The Morgan fingerprint density at radius 2 is 2.10 bits per heavy atom. The van der Waals surface area contributed by atoms with Gasteiger partial charge in [-0.2, -0.15) is 0 Å². The molecule has 0 radical (unpaired) electrons. The van der Waals surface area contributed by atoms with Crippen LogP contribution in [-0.4, -0.2) is 12.1 Å². The molecule has 0 bridgehead atoms. The zero-order valence-electron chi connectivity index (χ0n) is 11.0. The maximum atomic E-state index is 14.1. The number of ether oxygens (including phenoxy) is 1. The van der Waals surface area contributed by atoms with E-state index in [0.29, 0.717) is 22.4 Å². The van der Waals surface area contributed by atoms with Crippen molar-refractivity contribution in [2.45, 2.75) is 4.83 Å². The van der Waals surface area contributed by atoms with Gasteiger partial charge in [-0.15, -0.1) is 0 Å². The van der Waals surface area contributed by atoms with Crippen LogP contribution in [-0.2, 0) is 0 Å². The van der Waals surface area contributed by atoms with Gasteiger partial charge < -0.3 is 9.15 Å². The van der Waals surface area contributed by atoms with Gasteiger partial charge in [0, 0.05) is 11.6 Å². The van der Waals surface area contributed by atoms with E-state index in [1.165, 1.54) is 13.2 Å². The first-order valence-electron chi connectivity index (χ1n) is 6.19. The number of aromatic amines is 1. The van der Waals surface area contributed by atoms with Crippen LogP contribution in [0.3, 0.4) is 0 Å². The normalized spacial score (nSPS) is 12.5. The molecule has 108 valence electrons. The maximum absolute atomic E-state index is 14.1. The van der Waals surface area contributed by atoms with Crippen molar-refractivity contribution in [1.29, 1.82) is 0 Å². The number of halogens is 2. The Bertz CT molecular complexity index is 855. The molecule has 0 saturated heterocycles. The number of hydrogen-bond donors (Lipinski definition) is 1. The summed E-state index contributed by atoms with van der Waals surface area (Å²) in [6, 6.07) is 9.92. The molecule has 0 fully saturated rings. The van der Waals surface area contributed by atoms with Crippen molar-refractivity contribution in [3.63, 3.8) is 0 Å². The lowest BCUT2D eigenvalue weighted by Gasteiger charge is -2.12. The van der Waals surface area contributed by atoms with E-state index in [1.54, 1.807) is 30.3 Å². The molecule has 0 aliphatic carbocycles. The molecule has 0 spiro atoms. The molecular weight excluding hydrogens is 341 g/mol. The van der Waals surface area contributed by atoms with Gasteiger partial charge in [-0.1, -0.05) is 28.1 Å². The van der Waals surface area contributed by atoms with Gasteiger partial charge in [-0.25, -0.2) is 9.18 Å². The molecule has 1 aromatic heterocycles. The second kappa shape index (κ2) is 5.37. The van der Waals surface area contributed by atoms with Crippen LogP contribution in [0.4, 0.5) is 4.39 Å². The summed E-state index contributed by atoms with van der Waals surface area (Å²) in [6.45, 7) is 0. The van der Waals surface area contributed by atoms with E-state index >= 15 is 0 Å². The SMILES string of the molecule is COc1ccc(C(Br)c2ccc3[nH]c(=O)oc3c2)c(F)c1. The molecule has 1 atom stereocenters. The fraction of sp³-hybridized carbons (Fsp3) is 0.133. The first-order valence-corrected chi connectivity index (χ1v) is 7.10. The summed E-state index contributed by atoms with van der Waals surface area (Å²) in [5.74, 6) is -0.418. The largest absolute Gasteiger partial charge is 0.497 e. The van der Waals surface area contributed by atoms with Crippen LogP contribution in [0.2, 0.25) is 0 Å². The van der Waals surface area contributed by atoms with Crippen LogP contribution in [0.15, 0.2) is 45.6 Å². The summed E-state index contributed by atoms with van der Waals surface area (Å²) >= 11 is 3.47. The molecule has 0 saturated carbocycles. The summed E-state index contributed by atoms with van der Waals surface area (Å²) in [6.07, 6.45) is 0. The van der Waals surface area contributed by atoms with Crippen molar-refractivity contribution in [1.82, 2.24) is 4.98 Å². The molecule has 1 N–H and O–H groups in total. The van der Waals surface area contributed by atoms with Gasteiger partial charge in [0.15, 0.2) is 5.58 Å². The Kier molecular flexibility index (Phi) is 3.55. The van der Waals surface area contributed by atoms with Crippen LogP contribution < -0.4 is 10.5 Å². The molecule has 1 unspecified atom stereocenters. The Morgan fingerprint density at radius 1 is 1.29 bits per heavy atom. The Hall–Kier alpha value is -2.08. The number of alkyl halides is 1. The number of H-pyrrole nitrogens is 1. The van der Waals surface area contributed by atoms with Gasteiger partial charge >= 0.3 is 5.76 Å². The summed E-state index contributed by atoms with van der Waals surface area (Å²) in [5.41, 5.74) is 2.32. The van der Waals surface area contributed by atoms with E-state index in [0.717, 1.165) is 5.56 Å². The van der Waals surface area contributed by atoms with Crippen molar-refractivity contribution in [2.75, 3.05) is 7.11 Å². The Labute approximate surface area is 127 Å². The average Bonchev–Trinajstić information content (AvgIpc) is 2.85. The lowest BCUT2D eigenvalue weighted by molar-refractivity contribution is 0.411. The summed E-state index contributed by atoms with van der Waals surface area (Å²) in [4.78, 5) is 13.4. The number of nitrogens with one attached hydrogen (secondary N) is 1. The fourth-order valence-electron chi connectivity index (χ4n) is 2.14. The van der Waals surface area contributed by atoms with Crippen molar-refractivity contribution >= 4 is 27.0 Å². The second-order valence-electron chi connectivity index (χ2n) is 4.52. The lowest BCUT2D eigenvalue weighted by Crippen LogP contribution is -1.97. The minimum atomic E-state index is -0.510. The molecule has 3 aromatic rings. The molecule has 6 heteroatoms. The standard InChI is InChI=1S/C15H11BrFNO3/c1-20-9-3-4-10(11(17)7-9)14(16)8-2-5-12-13(6-8)21-15(19)18-12/h2-7,14H,1H3,(H,18,19). The van der Waals surface area contributed by atoms with E-state index in [9.17, 15) is 9.18 Å². The predicted octanol–water partition coefficient (Wildman–Crippen LogP) is 3.75. The van der Waals surface area contributed by atoms with Gasteiger partial charge in [0.1, 0.15) is 11.6 Å². The zero-order valence-corrected chi connectivity index (χ0v) is 12.6. The predicted molar refractivity (Wildman–Crippen MR) is 80.6 cm³/mol. The van der Waals surface area contributed by atoms with Gasteiger partial charge in [-0.3, -0.25) is 4.98 Å². The van der Waals surface area contributed by atoms with Crippen LogP contribution in [0.1, 0.15) is 16.0 Å². The highest BCUT2D eigenvalue weighted by Gasteiger charge is 2.16. The number of aromatic nitrogens is 1. The first kappa shape index (κ1) is 13.9. The maximum Gasteiger partial charge on any atom is 0.417 e. The third-order valence-electron chi connectivity index (χ3n) is 3.22. The van der Waals surface area contributed by atoms with E-state index in [2.05, 4.69) is 20.9 Å². The number of oxazole rings is 1. The van der Waals surface area contributed by atoms with Crippen LogP contribution in [0.25, 0.3) is 11.1 Å². The quantitative estimate of drug-likeness (QED) is 0.731. The molecule has 0 aliphatic heterocycles. The number of methoxy groups -OCH3 is 1. The number of hydrogen-bond acceptors (Lipinski definition) is 3. The summed E-state index contributed by atoms with van der Waals surface area (Å²) < 4.78 is 24.1. The van der Waals surface area contributed by atoms with E-state index in [-0.39, 0.29) is 10.6 Å². The molecule has 0 aliphatic rings. The minimum Gasteiger partial charge on any atom is -0.497 e. The lowest BCUT2D eigenvalue weighted by atomic mass is 10.0. The first-order chi connectivity index (χ1) is 10.1. The van der Waals surface area contributed by atoms with E-state index in [1.807, 2.05) is 0 Å². The molecule has 2 aromatic carbocycles. The summed E-state index contributed by atoms with van der Waals surface area (Å²) in [5, 5.41) is 0. The average molecular weight is 352 g/mol. The number of benzene rings is 2. The van der Waals surface area contributed by atoms with Crippen molar-refractivity contribution in [2.24, 2.45) is 0 Å². The van der Waals surface area contributed by atoms with Crippen LogP contribution in [0.5, 0.6) is 5.75 Å². The monoisotopic (exact) mass is 351 g/mol. The van der Waals surface area contributed by atoms with Gasteiger partial charge in [0.2, 0.25) is 0 Å². The van der Waals surface area contributed by atoms with Crippen molar-refractivity contribution in [3.05, 3.63) is 63.9 Å². The topological polar surface area (TPSA) is 55.2 Å². The molecule has 4 nitrogen and oxygen atoms in total. The third-order valence-corrected chi connectivity index (χ3v) is 4.24. The van der Waals surface area contributed by atoms with Gasteiger partial charge in [-0.05, 0) is 23.8 Å². The van der Waals surface area contributed by atoms with Crippen LogP contribution >= 0.6 is 15.9 Å². The Morgan fingerprint density at radius 3 is 2.81 bits per heavy atom. The zero-order chi connectivity index (χ0) is 15.0. The molecular formula is C15H11BrFNO3. The van der Waals surface area contributed by atoms with Crippen LogP contribution in [0, 0.1) is 5.82 Å². The number of fused-ring (bicyclic) bond motifs is 1. The van der Waals surface area contributed by atoms with E-state index in [4.69, 9.17) is 9.15 Å². The molecule has 0 amide bonds. The molecule has 1 heterocycles. The van der Waals surface area contributed by atoms with Crippen molar-refractivity contribution < 1.29 is 13.5 Å². The fourth-order valence-corrected chi connectivity index (χ4v) is 2.80. The van der Waals surface area contributed by atoms with E-state index < -0.39 is 5.76 Å². The smallest absolute Gasteiger partial charge is 0.417 e. The summed E-state index contributed by atoms with van der Waals surface area (Å²) in [7, 11) is 1.49. The second-order valence-corrected chi connectivity index (χ2v) is 5.44. The van der Waals surface area contributed by atoms with Gasteiger partial charge in [0.05, 0.1) is 17.5 Å². The molecule has 3 rings (SSSR count).